The highest BCUT2D eigenvalue weighted by atomic mass is 19.1. The molecule has 3 N–H and O–H groups in total. The van der Waals surface area contributed by atoms with Gasteiger partial charge in [-0.25, -0.2) is 13.9 Å². The molecule has 33 heavy (non-hydrogen) atoms. The number of aliphatic hydroxyl groups excluding tert-OH is 2. The van der Waals surface area contributed by atoms with Gasteiger partial charge in [-0.15, -0.1) is 0 Å². The molecular weight excluding hydrogens is 429 g/mol. The van der Waals surface area contributed by atoms with Crippen molar-refractivity contribution in [1.29, 1.82) is 0 Å². The van der Waals surface area contributed by atoms with Gasteiger partial charge in [0.1, 0.15) is 35.7 Å². The van der Waals surface area contributed by atoms with Crippen LogP contribution in [-0.2, 0) is 0 Å². The maximum atomic E-state index is 14.4. The number of hydrogen-bond acceptors (Lipinski definition) is 7. The molecule has 1 amide bonds. The lowest BCUT2D eigenvalue weighted by atomic mass is 10.0. The number of carbonyl (C=O) groups is 1. The molecule has 1 aliphatic carbocycles. The summed E-state index contributed by atoms with van der Waals surface area (Å²) in [5.74, 6) is 0.370. The highest BCUT2D eigenvalue weighted by molar-refractivity contribution is 6.00. The van der Waals surface area contributed by atoms with Gasteiger partial charge in [-0.05, 0) is 49.4 Å². The van der Waals surface area contributed by atoms with Crippen LogP contribution < -0.4 is 15.0 Å². The van der Waals surface area contributed by atoms with Crippen LogP contribution in [0.4, 0.5) is 10.2 Å². The Morgan fingerprint density at radius 3 is 2.94 bits per heavy atom. The normalized spacial score (nSPS) is 19.1. The predicted octanol–water partition coefficient (Wildman–Crippen LogP) is 1.83. The van der Waals surface area contributed by atoms with E-state index in [1.807, 2.05) is 6.07 Å². The second-order valence-electron chi connectivity index (χ2n) is 8.58. The van der Waals surface area contributed by atoms with E-state index in [0.717, 1.165) is 37.8 Å². The molecule has 3 aromatic rings. The van der Waals surface area contributed by atoms with Gasteiger partial charge < -0.3 is 25.2 Å². The Kier molecular flexibility index (Phi) is 5.86. The number of rotatable bonds is 8. The molecule has 3 heterocycles. The molecule has 10 heteroatoms. The van der Waals surface area contributed by atoms with Crippen LogP contribution >= 0.6 is 0 Å². The third kappa shape index (κ3) is 4.62. The molecule has 2 atom stereocenters. The van der Waals surface area contributed by atoms with Gasteiger partial charge in [0.05, 0.1) is 18.8 Å². The molecule has 2 aromatic heterocycles. The summed E-state index contributed by atoms with van der Waals surface area (Å²) in [7, 11) is 0. The Morgan fingerprint density at radius 2 is 2.15 bits per heavy atom. The molecule has 1 unspecified atom stereocenters. The number of carbonyl (C=O) groups excluding carboxylic acids is 1. The fourth-order valence-electron chi connectivity index (χ4n) is 4.16. The van der Waals surface area contributed by atoms with Crippen LogP contribution in [0.2, 0.25) is 0 Å². The topological polar surface area (TPSA) is 112 Å². The van der Waals surface area contributed by atoms with E-state index in [4.69, 9.17) is 14.8 Å². The maximum absolute atomic E-state index is 14.4. The van der Waals surface area contributed by atoms with E-state index in [9.17, 15) is 14.3 Å². The quantitative estimate of drug-likeness (QED) is 0.475. The van der Waals surface area contributed by atoms with Crippen LogP contribution in [0.5, 0.6) is 5.75 Å². The van der Waals surface area contributed by atoms with Crippen molar-refractivity contribution < 1.29 is 24.1 Å². The molecule has 1 aromatic carbocycles. The number of amides is 1. The lowest BCUT2D eigenvalue weighted by molar-refractivity contribution is 0.0535. The Balaban J connectivity index is 1.41. The van der Waals surface area contributed by atoms with E-state index in [1.165, 1.54) is 18.3 Å². The van der Waals surface area contributed by atoms with Gasteiger partial charge >= 0.3 is 0 Å². The third-order valence-electron chi connectivity index (χ3n) is 5.99. The summed E-state index contributed by atoms with van der Waals surface area (Å²) >= 11 is 0. The van der Waals surface area contributed by atoms with Crippen LogP contribution in [0.15, 0.2) is 36.7 Å². The summed E-state index contributed by atoms with van der Waals surface area (Å²) in [4.78, 5) is 19.4. The van der Waals surface area contributed by atoms with Crippen molar-refractivity contribution in [2.45, 2.75) is 43.9 Å². The average molecular weight is 455 g/mol. The molecule has 1 saturated heterocycles. The standard InChI is InChI=1S/C23H26FN5O4/c24-15-8-14(9-18(10-15)33-13-17(31)12-30)20-2-1-6-28(20)21-5-7-29-22(27-21)19(11-25-29)23(32)26-16-3-4-16/h5,7-11,16-17,20,30-31H,1-4,6,12-13H2,(H,26,32)/t17?,20-/m1/s1. The number of fused-ring (bicyclic) bond motifs is 1. The van der Waals surface area contributed by atoms with Gasteiger partial charge in [0, 0.05) is 24.8 Å². The number of anilines is 1. The first kappa shape index (κ1) is 21.6. The van der Waals surface area contributed by atoms with Gasteiger partial charge in [-0.3, -0.25) is 4.79 Å². The van der Waals surface area contributed by atoms with Crippen LogP contribution in [-0.4, -0.2) is 62.6 Å². The zero-order valence-corrected chi connectivity index (χ0v) is 18.0. The van der Waals surface area contributed by atoms with Crippen LogP contribution in [0.1, 0.15) is 47.6 Å². The molecule has 1 saturated carbocycles. The van der Waals surface area contributed by atoms with E-state index < -0.39 is 18.5 Å². The molecule has 2 fully saturated rings. The minimum absolute atomic E-state index is 0.118. The van der Waals surface area contributed by atoms with E-state index in [-0.39, 0.29) is 24.6 Å². The zero-order valence-electron chi connectivity index (χ0n) is 18.0. The number of nitrogens with one attached hydrogen (secondary N) is 1. The Labute approximate surface area is 189 Å². The van der Waals surface area contributed by atoms with Gasteiger partial charge in [0.25, 0.3) is 5.91 Å². The van der Waals surface area contributed by atoms with Crippen LogP contribution in [0.25, 0.3) is 5.65 Å². The number of ether oxygens (including phenoxy) is 1. The van der Waals surface area contributed by atoms with Gasteiger partial charge in [-0.1, -0.05) is 0 Å². The van der Waals surface area contributed by atoms with Gasteiger partial charge in [0.2, 0.25) is 0 Å². The zero-order chi connectivity index (χ0) is 22.9. The highest BCUT2D eigenvalue weighted by Gasteiger charge is 2.30. The first-order valence-corrected chi connectivity index (χ1v) is 11.2. The van der Waals surface area contributed by atoms with Gasteiger partial charge in [-0.2, -0.15) is 5.10 Å². The number of halogens is 1. The third-order valence-corrected chi connectivity index (χ3v) is 5.99. The SMILES string of the molecule is O=C(NC1CC1)c1cnn2ccc(N3CCC[C@@H]3c3cc(F)cc(OCC(O)CO)c3)nc12. The van der Waals surface area contributed by atoms with Crippen molar-refractivity contribution in [3.63, 3.8) is 0 Å². The molecule has 0 spiro atoms. The molecule has 5 rings (SSSR count). The van der Waals surface area contributed by atoms with E-state index in [1.54, 1.807) is 16.8 Å². The van der Waals surface area contributed by atoms with Crippen molar-refractivity contribution in [3.05, 3.63) is 53.6 Å². The summed E-state index contributed by atoms with van der Waals surface area (Å²) < 4.78 is 21.4. The number of hydrogen-bond donors (Lipinski definition) is 3. The van der Waals surface area contributed by atoms with Crippen LogP contribution in [0, 0.1) is 5.82 Å². The highest BCUT2D eigenvalue weighted by Crippen LogP contribution is 2.37. The van der Waals surface area contributed by atoms with Crippen LogP contribution in [0.3, 0.4) is 0 Å². The second kappa shape index (κ2) is 8.95. The fraction of sp³-hybridized carbons (Fsp3) is 0.435. The monoisotopic (exact) mass is 455 g/mol. The Hall–Kier alpha value is -3.24. The largest absolute Gasteiger partial charge is 0.491 e. The number of benzene rings is 1. The minimum Gasteiger partial charge on any atom is -0.491 e. The van der Waals surface area contributed by atoms with Gasteiger partial charge in [0.15, 0.2) is 5.65 Å². The number of aromatic nitrogens is 3. The van der Waals surface area contributed by atoms with E-state index >= 15 is 0 Å². The molecule has 1 aliphatic heterocycles. The summed E-state index contributed by atoms with van der Waals surface area (Å²) in [6.07, 6.45) is 5.98. The van der Waals surface area contributed by atoms with Crippen molar-refractivity contribution in [3.8, 4) is 5.75 Å². The predicted molar refractivity (Wildman–Crippen MR) is 118 cm³/mol. The van der Waals surface area contributed by atoms with Crippen molar-refractivity contribution in [1.82, 2.24) is 19.9 Å². The summed E-state index contributed by atoms with van der Waals surface area (Å²) in [6.45, 7) is 0.183. The Morgan fingerprint density at radius 1 is 1.30 bits per heavy atom. The summed E-state index contributed by atoms with van der Waals surface area (Å²) in [5, 5.41) is 25.7. The smallest absolute Gasteiger partial charge is 0.256 e. The molecule has 2 aliphatic rings. The minimum atomic E-state index is -1.03. The van der Waals surface area contributed by atoms with E-state index in [0.29, 0.717) is 22.8 Å². The van der Waals surface area contributed by atoms with Crippen molar-refractivity contribution in [2.24, 2.45) is 0 Å². The van der Waals surface area contributed by atoms with E-state index in [2.05, 4.69) is 15.3 Å². The lowest BCUT2D eigenvalue weighted by Gasteiger charge is -2.26. The molecule has 9 nitrogen and oxygen atoms in total. The van der Waals surface area contributed by atoms with Crippen molar-refractivity contribution >= 4 is 17.4 Å². The Bertz CT molecular complexity index is 1160. The molecule has 0 bridgehead atoms. The first-order chi connectivity index (χ1) is 16.0. The maximum Gasteiger partial charge on any atom is 0.256 e. The number of nitrogens with zero attached hydrogens (tertiary/aromatic N) is 4. The summed E-state index contributed by atoms with van der Waals surface area (Å²) in [5.41, 5.74) is 1.66. The number of aliphatic hydroxyl groups is 2. The molecular formula is C23H26FN5O4. The first-order valence-electron chi connectivity index (χ1n) is 11.2. The fourth-order valence-corrected chi connectivity index (χ4v) is 4.16. The second-order valence-corrected chi connectivity index (χ2v) is 8.58. The molecule has 174 valence electrons. The average Bonchev–Trinajstić information content (AvgIpc) is 3.32. The summed E-state index contributed by atoms with van der Waals surface area (Å²) in [6, 6.07) is 6.45. The lowest BCUT2D eigenvalue weighted by Crippen LogP contribution is -2.26. The molecule has 0 radical (unpaired) electrons. The van der Waals surface area contributed by atoms with Crippen molar-refractivity contribution in [2.75, 3.05) is 24.7 Å².